The van der Waals surface area contributed by atoms with Crippen LogP contribution < -0.4 is 10.5 Å². The monoisotopic (exact) mass is 578 g/mol. The average molecular weight is 579 g/mol. The molecule has 0 bridgehead atoms. The highest BCUT2D eigenvalue weighted by Crippen LogP contribution is 2.46. The molecule has 3 aromatic heterocycles. The van der Waals surface area contributed by atoms with Gasteiger partial charge in [-0.15, -0.1) is 0 Å². The van der Waals surface area contributed by atoms with Crippen molar-refractivity contribution < 1.29 is 19.0 Å². The third kappa shape index (κ3) is 5.45. The molecule has 43 heavy (non-hydrogen) atoms. The van der Waals surface area contributed by atoms with Crippen LogP contribution in [0.1, 0.15) is 33.9 Å². The SMILES string of the molecule is CN(C)CCCOc1cc2nc(-c3cccc4c3-c3ccccc3C4N)[nH]c2cc1F.O=C(O)c1ccnc2[nH]ccc12. The third-order valence-electron chi connectivity index (χ3n) is 7.49. The van der Waals surface area contributed by atoms with Crippen LogP contribution in [0, 0.1) is 5.82 Å². The lowest BCUT2D eigenvalue weighted by molar-refractivity contribution is 0.0699. The lowest BCUT2D eigenvalue weighted by Gasteiger charge is -2.10. The largest absolute Gasteiger partial charge is 0.490 e. The number of nitrogens with zero attached hydrogens (tertiary/aromatic N) is 3. The van der Waals surface area contributed by atoms with Crippen LogP contribution in [0.25, 0.3) is 44.6 Å². The number of carboxylic acids is 1. The van der Waals surface area contributed by atoms with Gasteiger partial charge in [0.05, 0.1) is 29.2 Å². The van der Waals surface area contributed by atoms with E-state index in [4.69, 9.17) is 20.6 Å². The molecule has 0 saturated carbocycles. The average Bonchev–Trinajstić information content (AvgIpc) is 3.72. The van der Waals surface area contributed by atoms with Gasteiger partial charge in [0.25, 0.3) is 0 Å². The number of rotatable bonds is 7. The number of benzene rings is 3. The number of hydrogen-bond acceptors (Lipinski definition) is 6. The fourth-order valence-corrected chi connectivity index (χ4v) is 5.45. The highest BCUT2D eigenvalue weighted by atomic mass is 19.1. The summed E-state index contributed by atoms with van der Waals surface area (Å²) in [6, 6.07) is 20.4. The first kappa shape index (κ1) is 28.1. The van der Waals surface area contributed by atoms with Crippen LogP contribution in [0.5, 0.6) is 5.75 Å². The molecule has 5 N–H and O–H groups in total. The molecular weight excluding hydrogens is 547 g/mol. The zero-order chi connectivity index (χ0) is 30.1. The smallest absolute Gasteiger partial charge is 0.336 e. The maximum atomic E-state index is 14.6. The zero-order valence-corrected chi connectivity index (χ0v) is 23.8. The molecule has 0 saturated heterocycles. The van der Waals surface area contributed by atoms with E-state index >= 15 is 0 Å². The third-order valence-corrected chi connectivity index (χ3v) is 7.49. The van der Waals surface area contributed by atoms with E-state index in [1.54, 1.807) is 18.3 Å². The molecule has 0 spiro atoms. The van der Waals surface area contributed by atoms with Gasteiger partial charge < -0.3 is 30.4 Å². The molecule has 0 radical (unpaired) electrons. The summed E-state index contributed by atoms with van der Waals surface area (Å²) in [6.07, 6.45) is 3.97. The van der Waals surface area contributed by atoms with Crippen molar-refractivity contribution in [1.82, 2.24) is 24.8 Å². The number of pyridine rings is 1. The van der Waals surface area contributed by atoms with E-state index in [0.29, 0.717) is 34.5 Å². The van der Waals surface area contributed by atoms with Crippen LogP contribution in [0.4, 0.5) is 4.39 Å². The van der Waals surface area contributed by atoms with Gasteiger partial charge in [0.15, 0.2) is 11.6 Å². The van der Waals surface area contributed by atoms with Gasteiger partial charge >= 0.3 is 5.97 Å². The van der Waals surface area contributed by atoms with Gasteiger partial charge in [0, 0.05) is 42.0 Å². The van der Waals surface area contributed by atoms with Gasteiger partial charge in [0.2, 0.25) is 0 Å². The number of nitrogens with one attached hydrogen (secondary N) is 2. The fraction of sp³-hybridized carbons (Fsp3) is 0.182. The Labute approximate surface area is 247 Å². The minimum atomic E-state index is -0.929. The molecule has 0 aliphatic heterocycles. The summed E-state index contributed by atoms with van der Waals surface area (Å²) in [5, 5.41) is 9.40. The number of imidazole rings is 1. The second-order valence-electron chi connectivity index (χ2n) is 10.6. The van der Waals surface area contributed by atoms with Crippen molar-refractivity contribution in [2.24, 2.45) is 5.73 Å². The zero-order valence-electron chi connectivity index (χ0n) is 23.8. The van der Waals surface area contributed by atoms with E-state index in [0.717, 1.165) is 40.8 Å². The molecule has 218 valence electrons. The highest BCUT2D eigenvalue weighted by molar-refractivity contribution is 6.01. The fourth-order valence-electron chi connectivity index (χ4n) is 5.45. The Hall–Kier alpha value is -5.06. The number of hydrogen-bond donors (Lipinski definition) is 4. The van der Waals surface area contributed by atoms with Gasteiger partial charge in [-0.25, -0.2) is 19.2 Å². The van der Waals surface area contributed by atoms with Crippen molar-refractivity contribution in [3.63, 3.8) is 0 Å². The van der Waals surface area contributed by atoms with E-state index in [2.05, 4.69) is 38.1 Å². The topological polar surface area (TPSA) is 133 Å². The predicted molar refractivity (Wildman–Crippen MR) is 165 cm³/mol. The van der Waals surface area contributed by atoms with Crippen LogP contribution >= 0.6 is 0 Å². The second-order valence-corrected chi connectivity index (χ2v) is 10.6. The van der Waals surface area contributed by atoms with Crippen LogP contribution in [-0.2, 0) is 0 Å². The Kier molecular flexibility index (Phi) is 7.62. The summed E-state index contributed by atoms with van der Waals surface area (Å²) in [5.74, 6) is -0.393. The Bertz CT molecular complexity index is 1950. The van der Waals surface area contributed by atoms with E-state index < -0.39 is 11.8 Å². The number of nitrogens with two attached hydrogens (primary N) is 1. The van der Waals surface area contributed by atoms with E-state index in [-0.39, 0.29) is 17.4 Å². The summed E-state index contributed by atoms with van der Waals surface area (Å²) in [5.41, 5.74) is 14.1. The lowest BCUT2D eigenvalue weighted by Crippen LogP contribution is -2.15. The van der Waals surface area contributed by atoms with E-state index in [9.17, 15) is 9.18 Å². The van der Waals surface area contributed by atoms with Gasteiger partial charge in [-0.1, -0.05) is 42.5 Å². The first-order valence-electron chi connectivity index (χ1n) is 13.9. The maximum Gasteiger partial charge on any atom is 0.336 e. The van der Waals surface area contributed by atoms with Crippen molar-refractivity contribution in [2.75, 3.05) is 27.2 Å². The number of fused-ring (bicyclic) bond motifs is 5. The van der Waals surface area contributed by atoms with Crippen molar-refractivity contribution in [3.05, 3.63) is 102 Å². The summed E-state index contributed by atoms with van der Waals surface area (Å²) in [6.45, 7) is 1.35. The van der Waals surface area contributed by atoms with Crippen molar-refractivity contribution in [2.45, 2.75) is 12.5 Å². The first-order chi connectivity index (χ1) is 20.8. The van der Waals surface area contributed by atoms with Crippen molar-refractivity contribution in [3.8, 4) is 28.3 Å². The Morgan fingerprint density at radius 1 is 1.07 bits per heavy atom. The number of ether oxygens (including phenoxy) is 1. The number of aromatic carboxylic acids is 1. The number of carboxylic acid groups (broad SMARTS) is 1. The molecule has 9 nitrogen and oxygen atoms in total. The molecule has 7 rings (SSSR count). The molecule has 10 heteroatoms. The van der Waals surface area contributed by atoms with Crippen LogP contribution in [0.15, 0.2) is 79.1 Å². The summed E-state index contributed by atoms with van der Waals surface area (Å²) in [7, 11) is 4.01. The molecule has 0 amide bonds. The molecule has 1 atom stereocenters. The number of H-pyrrole nitrogens is 2. The number of carbonyl (C=O) groups is 1. The second kappa shape index (κ2) is 11.7. The van der Waals surface area contributed by atoms with Crippen molar-refractivity contribution >= 4 is 28.0 Å². The van der Waals surface area contributed by atoms with Gasteiger partial charge in [-0.3, -0.25) is 0 Å². The molecule has 1 unspecified atom stereocenters. The van der Waals surface area contributed by atoms with Crippen LogP contribution in [0.2, 0.25) is 0 Å². The molecular formula is C33H31FN6O3. The van der Waals surface area contributed by atoms with Gasteiger partial charge in [-0.2, -0.15) is 0 Å². The Morgan fingerprint density at radius 3 is 2.67 bits per heavy atom. The molecule has 3 heterocycles. The lowest BCUT2D eigenvalue weighted by atomic mass is 9.99. The summed E-state index contributed by atoms with van der Waals surface area (Å²) < 4.78 is 20.3. The van der Waals surface area contributed by atoms with Gasteiger partial charge in [0.1, 0.15) is 11.5 Å². The highest BCUT2D eigenvalue weighted by Gasteiger charge is 2.28. The molecule has 1 aliphatic rings. The predicted octanol–water partition coefficient (Wildman–Crippen LogP) is 5.99. The standard InChI is InChI=1S/C25H25FN4O.C8H6N2O2/c1-30(2)11-6-12-31-22-14-21-20(13-19(22)26)28-25(29-21)18-10-5-9-17-23(18)15-7-3-4-8-16(15)24(17)27;11-8(12)6-2-4-10-7-5(6)1-3-9-7/h3-5,7-10,13-14,24H,6,11-12,27H2,1-2H3,(H,28,29);1-4H,(H,9,10)(H,11,12). The quantitative estimate of drug-likeness (QED) is 0.171. The number of aromatic nitrogens is 4. The summed E-state index contributed by atoms with van der Waals surface area (Å²) >= 11 is 0. The molecule has 0 fully saturated rings. The van der Waals surface area contributed by atoms with Crippen molar-refractivity contribution in [1.29, 1.82) is 0 Å². The van der Waals surface area contributed by atoms with Crippen LogP contribution in [0.3, 0.4) is 0 Å². The van der Waals surface area contributed by atoms with E-state index in [1.165, 1.54) is 18.3 Å². The minimum absolute atomic E-state index is 0.157. The number of halogens is 1. The summed E-state index contributed by atoms with van der Waals surface area (Å²) in [4.78, 5) is 27.6. The normalized spacial score (nSPS) is 13.6. The molecule has 6 aromatic rings. The molecule has 3 aromatic carbocycles. The van der Waals surface area contributed by atoms with Crippen LogP contribution in [-0.4, -0.2) is 63.2 Å². The number of aromatic amines is 2. The van der Waals surface area contributed by atoms with E-state index in [1.807, 2.05) is 38.4 Å². The first-order valence-corrected chi connectivity index (χ1v) is 13.9. The van der Waals surface area contributed by atoms with Gasteiger partial charge in [-0.05, 0) is 54.9 Å². The minimum Gasteiger partial charge on any atom is -0.490 e. The maximum absolute atomic E-state index is 14.6. The molecule has 1 aliphatic carbocycles. The Morgan fingerprint density at radius 2 is 1.86 bits per heavy atom. The Balaban J connectivity index is 0.000000229.